The number of para-hydroxylation sites is 4. The summed E-state index contributed by atoms with van der Waals surface area (Å²) in [5.74, 6) is 2.06. The molecule has 0 fully saturated rings. The van der Waals surface area contributed by atoms with Crippen molar-refractivity contribution in [2.24, 2.45) is 0 Å². The molecular weight excluding hydrogens is 844 g/mol. The van der Waals surface area contributed by atoms with E-state index in [1.807, 2.05) is 24.3 Å². The number of anilines is 4. The second kappa shape index (κ2) is 14.3. The Hall–Kier alpha value is -5.12. The zero-order chi connectivity index (χ0) is 37.2. The number of nitrogens with zero attached hydrogens (tertiary/aromatic N) is 4. The van der Waals surface area contributed by atoms with Gasteiger partial charge in [0.2, 0.25) is 0 Å². The first kappa shape index (κ1) is 37.2. The molecule has 0 radical (unpaired) electrons. The number of hydrogen-bond acceptors (Lipinski definition) is 4. The minimum absolute atomic E-state index is 0. The zero-order valence-corrected chi connectivity index (χ0v) is 34.7. The average molecular weight is 889 g/mol. The standard InChI is InChI=1S/C48H45N4O.Pt/c1-30-23-32(3)45(33(4)24-30)51-29-50(43-19-12-13-20-44(43)51)36-15-14-16-37(27-36)53-38-21-22-40(48(7,8)9)39(28-38)47-49-41-17-10-11-18-42(41)52(47)46-34(5)25-31(2)26-35(46)6;/h10-26,29H,1-9H3;/q-3;. The molecule has 0 saturated carbocycles. The monoisotopic (exact) mass is 888 g/mol. The minimum Gasteiger partial charge on any atom is -0.503 e. The Balaban J connectivity index is 0.00000450. The van der Waals surface area contributed by atoms with Gasteiger partial charge in [-0.25, -0.2) is 0 Å². The van der Waals surface area contributed by atoms with E-state index in [-0.39, 0.29) is 26.5 Å². The van der Waals surface area contributed by atoms with Crippen molar-refractivity contribution in [3.8, 4) is 28.6 Å². The quantitative estimate of drug-likeness (QED) is 0.156. The van der Waals surface area contributed by atoms with Crippen molar-refractivity contribution in [2.75, 3.05) is 9.80 Å². The Kier molecular flexibility index (Phi) is 9.83. The zero-order valence-electron chi connectivity index (χ0n) is 32.4. The van der Waals surface area contributed by atoms with Crippen LogP contribution >= 0.6 is 0 Å². The van der Waals surface area contributed by atoms with Gasteiger partial charge in [0.25, 0.3) is 0 Å². The van der Waals surface area contributed by atoms with Crippen molar-refractivity contribution in [1.82, 2.24) is 9.55 Å². The SMILES string of the molecule is Cc1cc(C)c(N2[CH-]N(c3[c-]c(Oc4[c-]c(-c5nc6ccccc6n5-c5c(C)cc(C)cc5C)c(C(C)(C)C)cc4)ccc3)c3ccccc32)c(C)c1.[Pt]. The van der Waals surface area contributed by atoms with Gasteiger partial charge in [0.05, 0.1) is 16.9 Å². The maximum atomic E-state index is 6.64. The van der Waals surface area contributed by atoms with Crippen LogP contribution in [0.25, 0.3) is 28.1 Å². The number of rotatable bonds is 6. The summed E-state index contributed by atoms with van der Waals surface area (Å²) in [6.45, 7) is 21.9. The van der Waals surface area contributed by atoms with E-state index in [1.165, 1.54) is 39.1 Å². The summed E-state index contributed by atoms with van der Waals surface area (Å²) in [4.78, 5) is 9.75. The summed E-state index contributed by atoms with van der Waals surface area (Å²) in [5.41, 5.74) is 16.7. The minimum atomic E-state index is -0.171. The number of aryl methyl sites for hydroxylation is 6. The molecule has 54 heavy (non-hydrogen) atoms. The Morgan fingerprint density at radius 2 is 1.19 bits per heavy atom. The summed E-state index contributed by atoms with van der Waals surface area (Å²) >= 11 is 0. The number of imidazole rings is 1. The summed E-state index contributed by atoms with van der Waals surface area (Å²) in [5, 5.41) is 0. The molecule has 0 amide bonds. The molecule has 0 spiro atoms. The van der Waals surface area contributed by atoms with E-state index in [0.717, 1.165) is 50.7 Å². The van der Waals surface area contributed by atoms with Gasteiger partial charge in [0.1, 0.15) is 0 Å². The molecule has 0 N–H and O–H groups in total. The van der Waals surface area contributed by atoms with Crippen molar-refractivity contribution >= 4 is 33.8 Å². The van der Waals surface area contributed by atoms with E-state index in [4.69, 9.17) is 9.72 Å². The number of hydrogen-bond donors (Lipinski definition) is 0. The van der Waals surface area contributed by atoms with Crippen molar-refractivity contribution in [2.45, 2.75) is 67.7 Å². The Labute approximate surface area is 334 Å². The van der Waals surface area contributed by atoms with Gasteiger partial charge in [-0.2, -0.15) is 6.07 Å². The van der Waals surface area contributed by atoms with E-state index in [9.17, 15) is 0 Å². The molecule has 0 unspecified atom stereocenters. The molecule has 0 bridgehead atoms. The first-order chi connectivity index (χ1) is 25.4. The van der Waals surface area contributed by atoms with Gasteiger partial charge < -0.3 is 19.1 Å². The third kappa shape index (κ3) is 6.64. The summed E-state index contributed by atoms with van der Waals surface area (Å²) < 4.78 is 8.95. The fourth-order valence-electron chi connectivity index (χ4n) is 8.07. The van der Waals surface area contributed by atoms with Crippen molar-refractivity contribution in [1.29, 1.82) is 0 Å². The van der Waals surface area contributed by atoms with Gasteiger partial charge >= 0.3 is 0 Å². The Morgan fingerprint density at radius 1 is 0.611 bits per heavy atom. The second-order valence-electron chi connectivity index (χ2n) is 15.5. The number of fused-ring (bicyclic) bond motifs is 2. The van der Waals surface area contributed by atoms with E-state index < -0.39 is 0 Å². The third-order valence-corrected chi connectivity index (χ3v) is 10.1. The largest absolute Gasteiger partial charge is 0.503 e. The molecule has 7 aromatic rings. The van der Waals surface area contributed by atoms with Crippen molar-refractivity contribution < 1.29 is 25.8 Å². The fraction of sp³-hybridized carbons (Fsp3) is 0.208. The maximum absolute atomic E-state index is 6.64. The van der Waals surface area contributed by atoms with Crippen LogP contribution in [0.1, 0.15) is 59.7 Å². The molecule has 8 rings (SSSR count). The predicted molar refractivity (Wildman–Crippen MR) is 219 cm³/mol. The van der Waals surface area contributed by atoms with E-state index >= 15 is 0 Å². The van der Waals surface area contributed by atoms with Gasteiger partial charge in [-0.05, 0) is 93.5 Å². The molecule has 1 aliphatic heterocycles. The van der Waals surface area contributed by atoms with Crippen molar-refractivity contribution in [3.63, 3.8) is 0 Å². The van der Waals surface area contributed by atoms with E-state index in [2.05, 4.69) is 174 Å². The van der Waals surface area contributed by atoms with Crippen LogP contribution in [0.3, 0.4) is 0 Å². The maximum Gasteiger partial charge on any atom is 0.0774 e. The summed E-state index contributed by atoms with van der Waals surface area (Å²) in [6, 6.07) is 43.4. The first-order valence-corrected chi connectivity index (χ1v) is 18.3. The second-order valence-corrected chi connectivity index (χ2v) is 15.5. The third-order valence-electron chi connectivity index (χ3n) is 10.1. The average Bonchev–Trinajstić information content (AvgIpc) is 3.67. The number of aromatic nitrogens is 2. The topological polar surface area (TPSA) is 33.5 Å². The molecule has 5 nitrogen and oxygen atoms in total. The Bertz CT molecular complexity index is 2500. The summed E-state index contributed by atoms with van der Waals surface area (Å²) in [6.07, 6.45) is 0. The van der Waals surface area contributed by atoms with Crippen LogP contribution in [-0.4, -0.2) is 9.55 Å². The van der Waals surface area contributed by atoms with Gasteiger partial charge in [0.15, 0.2) is 0 Å². The molecule has 276 valence electrons. The Morgan fingerprint density at radius 3 is 1.83 bits per heavy atom. The van der Waals surface area contributed by atoms with Crippen LogP contribution < -0.4 is 14.5 Å². The predicted octanol–water partition coefficient (Wildman–Crippen LogP) is 12.6. The summed E-state index contributed by atoms with van der Waals surface area (Å²) in [7, 11) is 0. The van der Waals surface area contributed by atoms with Crippen LogP contribution in [0.2, 0.25) is 0 Å². The van der Waals surface area contributed by atoms with E-state index in [1.54, 1.807) is 0 Å². The van der Waals surface area contributed by atoms with Crippen LogP contribution in [-0.2, 0) is 26.5 Å². The van der Waals surface area contributed by atoms with Gasteiger partial charge in [0, 0.05) is 55.3 Å². The molecule has 1 aromatic heterocycles. The molecule has 0 aliphatic carbocycles. The molecule has 2 heterocycles. The van der Waals surface area contributed by atoms with E-state index in [0.29, 0.717) is 11.5 Å². The smallest absolute Gasteiger partial charge is 0.0774 e. The van der Waals surface area contributed by atoms with Gasteiger partial charge in [-0.15, -0.1) is 53.8 Å². The van der Waals surface area contributed by atoms with Crippen LogP contribution in [0.4, 0.5) is 22.7 Å². The van der Waals surface area contributed by atoms with Gasteiger partial charge in [-0.3, -0.25) is 4.98 Å². The van der Waals surface area contributed by atoms with Crippen LogP contribution in [0.5, 0.6) is 11.5 Å². The molecule has 0 atom stereocenters. The normalized spacial score (nSPS) is 12.6. The van der Waals surface area contributed by atoms with Crippen molar-refractivity contribution in [3.05, 3.63) is 161 Å². The molecule has 0 saturated heterocycles. The van der Waals surface area contributed by atoms with Gasteiger partial charge in [-0.1, -0.05) is 86.5 Å². The molecule has 6 heteroatoms. The van der Waals surface area contributed by atoms with Crippen LogP contribution in [0.15, 0.2) is 103 Å². The molecule has 1 aliphatic rings. The first-order valence-electron chi connectivity index (χ1n) is 18.3. The molecular formula is C48H45N4OPt-3. The van der Waals surface area contributed by atoms with Crippen LogP contribution in [0, 0.1) is 60.3 Å². The molecule has 6 aromatic carbocycles. The number of benzene rings is 6. The fourth-order valence-corrected chi connectivity index (χ4v) is 8.07. The number of ether oxygens (including phenoxy) is 1.